The second-order valence-corrected chi connectivity index (χ2v) is 10.8. The fourth-order valence-electron chi connectivity index (χ4n) is 5.02. The van der Waals surface area contributed by atoms with Crippen LogP contribution in [0, 0.1) is 5.92 Å². The number of nitrogens with zero attached hydrogens (tertiary/aromatic N) is 4. The molecule has 42 heavy (non-hydrogen) atoms. The number of ether oxygens (including phenoxy) is 2. The number of para-hydroxylation sites is 2. The lowest BCUT2D eigenvalue weighted by molar-refractivity contribution is -0.276. The van der Waals surface area contributed by atoms with Crippen molar-refractivity contribution in [3.05, 3.63) is 118 Å². The molecule has 0 aliphatic carbocycles. The van der Waals surface area contributed by atoms with Crippen molar-refractivity contribution >= 4 is 45.8 Å². The van der Waals surface area contributed by atoms with E-state index in [1.165, 1.54) is 6.20 Å². The molecular weight excluding hydrogens is 577 g/mol. The molecule has 1 fully saturated rings. The Morgan fingerprint density at radius 2 is 1.76 bits per heavy atom. The number of hydrogen-bond acceptors (Lipinski definition) is 7. The van der Waals surface area contributed by atoms with Crippen LogP contribution in [0.25, 0.3) is 11.0 Å². The topological polar surface area (TPSA) is 111 Å². The van der Waals surface area contributed by atoms with Crippen molar-refractivity contribution in [2.75, 3.05) is 5.32 Å². The fourth-order valence-corrected chi connectivity index (χ4v) is 5.33. The summed E-state index contributed by atoms with van der Waals surface area (Å²) in [6.07, 6.45) is 1.65. The summed E-state index contributed by atoms with van der Waals surface area (Å²) in [6, 6.07) is 22.4. The Hall–Kier alpha value is -3.86. The number of rotatable bonds is 7. The Bertz CT molecular complexity index is 1730. The molecule has 1 aliphatic heterocycles. The van der Waals surface area contributed by atoms with Crippen LogP contribution < -0.4 is 5.32 Å². The Kier molecular flexibility index (Phi) is 8.19. The van der Waals surface area contributed by atoms with Gasteiger partial charge in [0.1, 0.15) is 10.8 Å². The van der Waals surface area contributed by atoms with E-state index in [0.717, 1.165) is 16.7 Å². The minimum Gasteiger partial charge on any atom is -0.392 e. The third-order valence-corrected chi connectivity index (χ3v) is 8.10. The average Bonchev–Trinajstić information content (AvgIpc) is 3.34. The van der Waals surface area contributed by atoms with E-state index >= 15 is 0 Å². The molecule has 3 aromatic carbocycles. The third kappa shape index (κ3) is 5.88. The number of imidazole rings is 1. The number of aliphatic hydroxyl groups is 1. The number of aromatic nitrogens is 4. The van der Waals surface area contributed by atoms with Crippen LogP contribution in [-0.2, 0) is 22.6 Å². The van der Waals surface area contributed by atoms with Crippen molar-refractivity contribution in [1.29, 1.82) is 0 Å². The maximum absolute atomic E-state index is 13.0. The van der Waals surface area contributed by atoms with Gasteiger partial charge >= 0.3 is 0 Å². The minimum absolute atomic E-state index is 0.0428. The molecule has 6 rings (SSSR count). The van der Waals surface area contributed by atoms with Crippen LogP contribution >= 0.6 is 23.2 Å². The van der Waals surface area contributed by atoms with E-state index in [2.05, 4.69) is 27.2 Å². The molecule has 0 spiro atoms. The molecule has 1 amide bonds. The number of carbonyl (C=O) groups is 1. The second-order valence-electron chi connectivity index (χ2n) is 10.1. The first-order chi connectivity index (χ1) is 20.4. The van der Waals surface area contributed by atoms with E-state index in [1.54, 1.807) is 17.0 Å². The molecule has 2 aromatic heterocycles. The largest absolute Gasteiger partial charge is 0.392 e. The normalized spacial score (nSPS) is 20.5. The van der Waals surface area contributed by atoms with Crippen LogP contribution in [0.3, 0.4) is 0 Å². The molecule has 4 atom stereocenters. The van der Waals surface area contributed by atoms with E-state index in [4.69, 9.17) is 32.7 Å². The van der Waals surface area contributed by atoms with Crippen molar-refractivity contribution < 1.29 is 19.4 Å². The highest BCUT2D eigenvalue weighted by atomic mass is 35.5. The highest BCUT2D eigenvalue weighted by Crippen LogP contribution is 2.42. The van der Waals surface area contributed by atoms with Crippen molar-refractivity contribution in [2.24, 2.45) is 5.92 Å². The zero-order valence-electron chi connectivity index (χ0n) is 22.5. The molecule has 1 saturated heterocycles. The lowest BCUT2D eigenvalue weighted by atomic mass is 9.90. The van der Waals surface area contributed by atoms with E-state index < -0.39 is 6.29 Å². The number of nitrogens with one attached hydrogen (secondary N) is 1. The number of aliphatic hydroxyl groups excluding tert-OH is 1. The molecule has 1 aliphatic rings. The third-order valence-electron chi connectivity index (χ3n) is 7.33. The van der Waals surface area contributed by atoms with Crippen LogP contribution in [0.5, 0.6) is 0 Å². The predicted molar refractivity (Wildman–Crippen MR) is 159 cm³/mol. The van der Waals surface area contributed by atoms with Gasteiger partial charge in [0.15, 0.2) is 11.4 Å². The van der Waals surface area contributed by atoms with Gasteiger partial charge in [-0.05, 0) is 35.4 Å². The summed E-state index contributed by atoms with van der Waals surface area (Å²) < 4.78 is 14.8. The monoisotopic (exact) mass is 603 g/mol. The summed E-state index contributed by atoms with van der Waals surface area (Å²) in [6.45, 7) is 2.42. The summed E-state index contributed by atoms with van der Waals surface area (Å²) >= 11 is 12.5. The van der Waals surface area contributed by atoms with Gasteiger partial charge < -0.3 is 24.5 Å². The smallest absolute Gasteiger partial charge is 0.275 e. The molecule has 214 valence electrons. The van der Waals surface area contributed by atoms with Crippen LogP contribution in [0.2, 0.25) is 10.3 Å². The van der Waals surface area contributed by atoms with Crippen LogP contribution in [0.15, 0.2) is 85.3 Å². The van der Waals surface area contributed by atoms with Gasteiger partial charge in [0.05, 0.1) is 48.9 Å². The Morgan fingerprint density at radius 3 is 2.50 bits per heavy atom. The van der Waals surface area contributed by atoms with Crippen molar-refractivity contribution in [3.63, 3.8) is 0 Å². The number of hydrogen-bond donors (Lipinski definition) is 2. The van der Waals surface area contributed by atoms with Gasteiger partial charge in [-0.3, -0.25) is 9.78 Å². The van der Waals surface area contributed by atoms with Gasteiger partial charge in [0.2, 0.25) is 0 Å². The maximum atomic E-state index is 13.0. The summed E-state index contributed by atoms with van der Waals surface area (Å²) in [4.78, 5) is 25.9. The van der Waals surface area contributed by atoms with Crippen LogP contribution in [-0.4, -0.2) is 36.6 Å². The molecule has 0 unspecified atom stereocenters. The maximum Gasteiger partial charge on any atom is 0.275 e. The highest BCUT2D eigenvalue weighted by molar-refractivity contribution is 6.40. The number of anilines is 1. The fraction of sp³-hybridized carbons (Fsp3) is 0.226. The Morgan fingerprint density at radius 1 is 0.976 bits per heavy atom. The molecule has 11 heteroatoms. The van der Waals surface area contributed by atoms with Crippen molar-refractivity contribution in [1.82, 2.24) is 19.5 Å². The molecule has 0 radical (unpaired) electrons. The van der Waals surface area contributed by atoms with E-state index in [-0.39, 0.29) is 41.5 Å². The summed E-state index contributed by atoms with van der Waals surface area (Å²) in [5.41, 5.74) is 4.61. The van der Waals surface area contributed by atoms with Gasteiger partial charge in [0.25, 0.3) is 5.91 Å². The van der Waals surface area contributed by atoms with E-state index in [9.17, 15) is 9.90 Å². The number of amides is 1. The minimum atomic E-state index is -0.746. The van der Waals surface area contributed by atoms with Gasteiger partial charge in [-0.2, -0.15) is 0 Å². The number of benzene rings is 3. The summed E-state index contributed by atoms with van der Waals surface area (Å²) in [5, 5.41) is 13.0. The quantitative estimate of drug-likeness (QED) is 0.222. The Balaban J connectivity index is 1.27. The molecule has 3 heterocycles. The van der Waals surface area contributed by atoms with Crippen LogP contribution in [0.1, 0.15) is 46.5 Å². The molecule has 5 aromatic rings. The zero-order chi connectivity index (χ0) is 29.2. The predicted octanol–water partition coefficient (Wildman–Crippen LogP) is 6.37. The van der Waals surface area contributed by atoms with Crippen molar-refractivity contribution in [3.8, 4) is 0 Å². The van der Waals surface area contributed by atoms with Gasteiger partial charge in [-0.25, -0.2) is 9.97 Å². The molecule has 0 bridgehead atoms. The SMILES string of the molecule is C[C@H]1[C@@H](Cn2cnc(Cl)c2Cl)O[C@@H](c2cccc(NC(=O)c3cnc4ccccc4n3)c2)O[C@H]1c1ccc(CO)cc1. The highest BCUT2D eigenvalue weighted by Gasteiger charge is 2.39. The van der Waals surface area contributed by atoms with Gasteiger partial charge in [-0.15, -0.1) is 0 Å². The zero-order valence-corrected chi connectivity index (χ0v) is 24.0. The summed E-state index contributed by atoms with van der Waals surface area (Å²) in [5.74, 6) is -0.455. The summed E-state index contributed by atoms with van der Waals surface area (Å²) in [7, 11) is 0. The molecule has 2 N–H and O–H groups in total. The van der Waals surface area contributed by atoms with E-state index in [0.29, 0.717) is 28.4 Å². The number of halogens is 2. The standard InChI is InChI=1S/C31H27Cl2N5O4/c1-18-26(15-38-17-35-28(32)29(38)33)41-31(42-27(18)20-11-9-19(16-39)10-12-20)21-5-4-6-22(13-21)36-30(40)25-14-34-23-7-2-3-8-24(23)37-25/h2-14,17-18,26-27,31,39H,15-16H2,1H3,(H,36,40)/t18-,26+,27+,31+/m0/s1. The lowest BCUT2D eigenvalue weighted by Gasteiger charge is -2.41. The van der Waals surface area contributed by atoms with Crippen LogP contribution in [0.4, 0.5) is 5.69 Å². The van der Waals surface area contributed by atoms with Gasteiger partial charge in [0, 0.05) is 17.2 Å². The van der Waals surface area contributed by atoms with Crippen molar-refractivity contribution in [2.45, 2.75) is 38.6 Å². The Labute approximate surface area is 252 Å². The molecular formula is C31H27Cl2N5O4. The lowest BCUT2D eigenvalue weighted by Crippen LogP contribution is -2.39. The first kappa shape index (κ1) is 28.3. The molecule has 0 saturated carbocycles. The first-order valence-electron chi connectivity index (χ1n) is 13.4. The average molecular weight is 604 g/mol. The number of fused-ring (bicyclic) bond motifs is 1. The second kappa shape index (κ2) is 12.2. The van der Waals surface area contributed by atoms with E-state index in [1.807, 2.05) is 66.7 Å². The van der Waals surface area contributed by atoms with Gasteiger partial charge in [-0.1, -0.05) is 78.7 Å². The first-order valence-corrected chi connectivity index (χ1v) is 14.1. The number of carbonyl (C=O) groups excluding carboxylic acids is 1. The molecule has 9 nitrogen and oxygen atoms in total.